The number of hydrogen-bond acceptors (Lipinski definition) is 6. The number of halogens is 3. The van der Waals surface area contributed by atoms with Crippen LogP contribution in [0.4, 0.5) is 13.2 Å². The van der Waals surface area contributed by atoms with E-state index in [1.807, 2.05) is 0 Å². The van der Waals surface area contributed by atoms with E-state index in [0.29, 0.717) is 31.4 Å². The molecule has 0 aliphatic carbocycles. The van der Waals surface area contributed by atoms with E-state index in [-0.39, 0.29) is 22.8 Å². The molecular weight excluding hydrogens is 441 g/mol. The molecule has 0 saturated carbocycles. The summed E-state index contributed by atoms with van der Waals surface area (Å²) in [7, 11) is 0.830. The van der Waals surface area contributed by atoms with Gasteiger partial charge in [0.1, 0.15) is 17.6 Å². The van der Waals surface area contributed by atoms with Crippen molar-refractivity contribution in [2.45, 2.75) is 64.3 Å². The van der Waals surface area contributed by atoms with Crippen LogP contribution in [0.2, 0.25) is 0 Å². The first-order valence-corrected chi connectivity index (χ1v) is 10.6. The lowest BCUT2D eigenvalue weighted by molar-refractivity contribution is -0.278. The van der Waals surface area contributed by atoms with E-state index in [0.717, 1.165) is 7.11 Å². The summed E-state index contributed by atoms with van der Waals surface area (Å²) >= 11 is 0. The van der Waals surface area contributed by atoms with Crippen LogP contribution in [0.5, 0.6) is 5.75 Å². The Balaban J connectivity index is 1.99. The van der Waals surface area contributed by atoms with Crippen LogP contribution in [0.15, 0.2) is 45.6 Å². The molecule has 0 fully saturated rings. The van der Waals surface area contributed by atoms with Crippen molar-refractivity contribution >= 4 is 5.97 Å². The highest BCUT2D eigenvalue weighted by Crippen LogP contribution is 2.43. The molecule has 0 spiro atoms. The lowest BCUT2D eigenvalue weighted by Gasteiger charge is -2.34. The molecule has 6 nitrogen and oxygen atoms in total. The Morgan fingerprint density at radius 2 is 1.79 bits per heavy atom. The zero-order valence-corrected chi connectivity index (χ0v) is 19.1. The molecule has 33 heavy (non-hydrogen) atoms. The van der Waals surface area contributed by atoms with Gasteiger partial charge in [0.15, 0.2) is 0 Å². The second-order valence-corrected chi connectivity index (χ2v) is 8.09. The van der Waals surface area contributed by atoms with Crippen LogP contribution in [0.3, 0.4) is 0 Å². The first-order valence-electron chi connectivity index (χ1n) is 10.6. The number of carbonyl (C=O) groups excluding carboxylic acids is 1. The number of aromatic hydroxyl groups is 1. The van der Waals surface area contributed by atoms with Crippen molar-refractivity contribution < 1.29 is 37.0 Å². The van der Waals surface area contributed by atoms with Crippen LogP contribution in [0.1, 0.15) is 50.0 Å². The molecule has 1 unspecified atom stereocenters. The zero-order chi connectivity index (χ0) is 24.8. The maximum atomic E-state index is 14.0. The maximum Gasteiger partial charge on any atom is 0.432 e. The fourth-order valence-electron chi connectivity index (χ4n) is 3.47. The van der Waals surface area contributed by atoms with Crippen LogP contribution < -0.4 is 5.63 Å². The highest BCUT2D eigenvalue weighted by atomic mass is 19.4. The minimum atomic E-state index is -5.02. The zero-order valence-electron chi connectivity index (χ0n) is 19.1. The molecule has 0 saturated heterocycles. The number of esters is 1. The van der Waals surface area contributed by atoms with Crippen LogP contribution in [0.25, 0.3) is 0 Å². The number of methoxy groups -OCH3 is 1. The summed E-state index contributed by atoms with van der Waals surface area (Å²) in [6, 6.07) is 8.07. The second-order valence-electron chi connectivity index (χ2n) is 8.09. The average Bonchev–Trinajstić information content (AvgIpc) is 2.75. The number of ether oxygens (including phenoxy) is 2. The number of alkyl halides is 3. The van der Waals surface area contributed by atoms with Crippen LogP contribution >= 0.6 is 0 Å². The third-order valence-electron chi connectivity index (χ3n) is 5.81. The van der Waals surface area contributed by atoms with E-state index in [1.54, 1.807) is 19.9 Å². The summed E-state index contributed by atoms with van der Waals surface area (Å²) in [6.07, 6.45) is -3.57. The van der Waals surface area contributed by atoms with Crippen LogP contribution in [0, 0.1) is 12.8 Å². The van der Waals surface area contributed by atoms with Crippen molar-refractivity contribution in [2.24, 2.45) is 5.92 Å². The number of unbranched alkanes of at least 4 members (excludes halogenated alkanes) is 1. The lowest BCUT2D eigenvalue weighted by atomic mass is 9.92. The topological polar surface area (TPSA) is 86.0 Å². The molecule has 2 aromatic rings. The molecule has 0 amide bonds. The number of carbonyl (C=O) groups is 1. The first-order chi connectivity index (χ1) is 15.4. The smallest absolute Gasteiger partial charge is 0.432 e. The first kappa shape index (κ1) is 26.4. The average molecular weight is 470 g/mol. The monoisotopic (exact) mass is 470 g/mol. The third kappa shape index (κ3) is 5.96. The minimum absolute atomic E-state index is 0.125. The predicted molar refractivity (Wildman–Crippen MR) is 115 cm³/mol. The van der Waals surface area contributed by atoms with Crippen molar-refractivity contribution in [1.82, 2.24) is 0 Å². The number of aryl methyl sites for hydroxylation is 1. The molecule has 3 atom stereocenters. The Hall–Kier alpha value is -2.81. The van der Waals surface area contributed by atoms with Gasteiger partial charge in [0.05, 0.1) is 5.56 Å². The Bertz CT molecular complexity index is 986. The second kappa shape index (κ2) is 10.9. The molecule has 1 N–H and O–H groups in total. The Morgan fingerprint density at radius 1 is 1.15 bits per heavy atom. The van der Waals surface area contributed by atoms with Gasteiger partial charge in [-0.1, -0.05) is 43.7 Å². The summed E-state index contributed by atoms with van der Waals surface area (Å²) in [5.74, 6) is -1.51. The molecule has 0 aliphatic rings. The molecule has 1 aromatic carbocycles. The van der Waals surface area contributed by atoms with Crippen molar-refractivity contribution in [3.05, 3.63) is 63.7 Å². The van der Waals surface area contributed by atoms with Crippen LogP contribution in [-0.2, 0) is 26.3 Å². The van der Waals surface area contributed by atoms with Crippen LogP contribution in [-0.4, -0.2) is 30.5 Å². The maximum absolute atomic E-state index is 14.0. The normalized spacial score (nSPS) is 15.5. The lowest BCUT2D eigenvalue weighted by Crippen LogP contribution is -2.52. The molecule has 0 aliphatic heterocycles. The Kier molecular flexibility index (Phi) is 8.71. The van der Waals surface area contributed by atoms with E-state index < -0.39 is 29.5 Å². The molecular formula is C24H29F3O6. The minimum Gasteiger partial charge on any atom is -0.507 e. The summed E-state index contributed by atoms with van der Waals surface area (Å²) in [6.45, 7) is 4.78. The van der Waals surface area contributed by atoms with Crippen molar-refractivity contribution in [2.75, 3.05) is 7.11 Å². The van der Waals surface area contributed by atoms with E-state index in [4.69, 9.17) is 13.9 Å². The molecule has 2 rings (SSSR count). The molecule has 0 bridgehead atoms. The van der Waals surface area contributed by atoms with Gasteiger partial charge in [-0.3, -0.25) is 0 Å². The van der Waals surface area contributed by atoms with E-state index in [1.165, 1.54) is 37.3 Å². The summed E-state index contributed by atoms with van der Waals surface area (Å²) in [5, 5.41) is 9.71. The van der Waals surface area contributed by atoms with Gasteiger partial charge in [0.2, 0.25) is 0 Å². The van der Waals surface area contributed by atoms with Crippen molar-refractivity contribution in [3.8, 4) is 5.75 Å². The largest absolute Gasteiger partial charge is 0.507 e. The number of benzene rings is 1. The summed E-state index contributed by atoms with van der Waals surface area (Å²) in [5.41, 5.74) is -4.02. The van der Waals surface area contributed by atoms with Crippen molar-refractivity contribution in [3.63, 3.8) is 0 Å². The third-order valence-corrected chi connectivity index (χ3v) is 5.81. The standard InChI is InChI=1S/C24H29F3O6/c1-15(10-8-9-13-19-14-20(28)16(2)21(29)33-19)17(3)32-22(30)23(31-4,24(25,26)27)18-11-6-5-7-12-18/h5-7,11-12,14-15,17,28H,8-10,13H2,1-4H3/t15?,17-,23+/m0/s1. The molecule has 1 aromatic heterocycles. The predicted octanol–water partition coefficient (Wildman–Crippen LogP) is 5.04. The summed E-state index contributed by atoms with van der Waals surface area (Å²) < 4.78 is 57.0. The van der Waals surface area contributed by atoms with E-state index in [9.17, 15) is 27.9 Å². The van der Waals surface area contributed by atoms with Gasteiger partial charge < -0.3 is 19.0 Å². The molecule has 0 radical (unpaired) electrons. The summed E-state index contributed by atoms with van der Waals surface area (Å²) in [4.78, 5) is 24.3. The fraction of sp³-hybridized carbons (Fsp3) is 0.500. The number of hydrogen-bond donors (Lipinski definition) is 1. The Labute approximate surface area is 190 Å². The van der Waals surface area contributed by atoms with E-state index >= 15 is 0 Å². The quantitative estimate of drug-likeness (QED) is 0.387. The highest BCUT2D eigenvalue weighted by Gasteiger charge is 2.64. The van der Waals surface area contributed by atoms with Gasteiger partial charge in [0.25, 0.3) is 5.60 Å². The molecule has 1 heterocycles. The highest BCUT2D eigenvalue weighted by molar-refractivity contribution is 5.82. The van der Waals surface area contributed by atoms with Gasteiger partial charge in [-0.05, 0) is 32.6 Å². The van der Waals surface area contributed by atoms with Crippen molar-refractivity contribution in [1.29, 1.82) is 0 Å². The van der Waals surface area contributed by atoms with Gasteiger partial charge in [-0.15, -0.1) is 0 Å². The van der Waals surface area contributed by atoms with Gasteiger partial charge in [0, 0.05) is 25.2 Å². The number of rotatable bonds is 10. The van der Waals surface area contributed by atoms with E-state index in [2.05, 4.69) is 0 Å². The van der Waals surface area contributed by atoms with Gasteiger partial charge in [-0.25, -0.2) is 9.59 Å². The molecule has 9 heteroatoms. The van der Waals surface area contributed by atoms with Gasteiger partial charge >= 0.3 is 17.8 Å². The Morgan fingerprint density at radius 3 is 2.33 bits per heavy atom. The van der Waals surface area contributed by atoms with Gasteiger partial charge in [-0.2, -0.15) is 13.2 Å². The SMILES string of the molecule is CO[C@@](C(=O)O[C@@H](C)C(C)CCCCc1cc(O)c(C)c(=O)o1)(c1ccccc1)C(F)(F)F. The molecule has 182 valence electrons. The fourth-order valence-corrected chi connectivity index (χ4v) is 3.47.